The summed E-state index contributed by atoms with van der Waals surface area (Å²) in [6.07, 6.45) is 2.57. The highest BCUT2D eigenvalue weighted by molar-refractivity contribution is 6.39. The predicted octanol–water partition coefficient (Wildman–Crippen LogP) is 12.8. The van der Waals surface area contributed by atoms with E-state index >= 15 is 4.39 Å². The zero-order valence-corrected chi connectivity index (χ0v) is 35.7. The van der Waals surface area contributed by atoms with Gasteiger partial charge in [-0.2, -0.15) is 4.39 Å². The van der Waals surface area contributed by atoms with E-state index in [0.717, 1.165) is 16.7 Å². The second-order valence-electron chi connectivity index (χ2n) is 14.0. The van der Waals surface area contributed by atoms with Gasteiger partial charge in [0.2, 0.25) is 5.95 Å². The lowest BCUT2D eigenvalue weighted by atomic mass is 9.80. The van der Waals surface area contributed by atoms with Crippen molar-refractivity contribution < 1.29 is 32.5 Å². The van der Waals surface area contributed by atoms with Crippen LogP contribution in [0.15, 0.2) is 128 Å². The van der Waals surface area contributed by atoms with Crippen molar-refractivity contribution in [3.05, 3.63) is 183 Å². The van der Waals surface area contributed by atoms with Gasteiger partial charge >= 0.3 is 0 Å². The number of aromatic nitrogens is 2. The molecule has 0 spiro atoms. The third-order valence-electron chi connectivity index (χ3n) is 10.5. The molecule has 0 amide bonds. The van der Waals surface area contributed by atoms with E-state index in [1.165, 1.54) is 22.7 Å². The third kappa shape index (κ3) is 7.84. The molecule has 0 radical (unpaired) electrons. The number of hydrogen-bond donors (Lipinski definition) is 0. The van der Waals surface area contributed by atoms with Crippen molar-refractivity contribution in [2.24, 2.45) is 0 Å². The number of rotatable bonds is 15. The number of ether oxygens (including phenoxy) is 5. The lowest BCUT2D eigenvalue weighted by Crippen LogP contribution is -2.44. The number of hydrogen-bond acceptors (Lipinski definition) is 6. The topological polar surface area (TPSA) is 63.5 Å². The molecule has 7 nitrogen and oxygen atoms in total. The molecule has 2 heterocycles. The van der Waals surface area contributed by atoms with Gasteiger partial charge in [0.25, 0.3) is 0 Å². The van der Waals surface area contributed by atoms with Crippen molar-refractivity contribution >= 4 is 40.3 Å². The van der Waals surface area contributed by atoms with Gasteiger partial charge in [-0.05, 0) is 96.1 Å². The highest BCUT2D eigenvalue weighted by Gasteiger charge is 2.43. The minimum absolute atomic E-state index is 0.0998. The van der Waals surface area contributed by atoms with E-state index in [2.05, 4.69) is 11.6 Å². The van der Waals surface area contributed by atoms with E-state index in [1.54, 1.807) is 59.4 Å². The van der Waals surface area contributed by atoms with Crippen molar-refractivity contribution in [1.82, 2.24) is 9.38 Å². The summed E-state index contributed by atoms with van der Waals surface area (Å²) < 4.78 is 62.9. The van der Waals surface area contributed by atoms with Crippen LogP contribution in [0.5, 0.6) is 17.2 Å². The van der Waals surface area contributed by atoms with Gasteiger partial charge in [-0.25, -0.2) is 9.37 Å². The van der Waals surface area contributed by atoms with Crippen molar-refractivity contribution in [3.63, 3.8) is 0 Å². The first kappa shape index (κ1) is 42.7. The van der Waals surface area contributed by atoms with Crippen LogP contribution < -0.4 is 14.2 Å². The first-order valence-corrected chi connectivity index (χ1v) is 20.1. The molecule has 0 aliphatic rings. The Labute approximate surface area is 362 Å². The largest absolute Gasteiger partial charge is 0.497 e. The van der Waals surface area contributed by atoms with Crippen LogP contribution in [0.2, 0.25) is 15.2 Å². The molecule has 308 valence electrons. The molecule has 0 aliphatic heterocycles. The fourth-order valence-corrected chi connectivity index (χ4v) is 8.40. The molecule has 0 aliphatic carbocycles. The van der Waals surface area contributed by atoms with Crippen LogP contribution >= 0.6 is 34.8 Å². The summed E-state index contributed by atoms with van der Waals surface area (Å²) in [5.74, 6) is 0.304. The standard InChI is InChI=1S/C48H41Cl3F2N2O5/c1-7-27-58-47(60-48(32-11-9-8-10-12-32,33-15-21-36(56-5)22-16-33)34-17-23-37(57-6)24-18-34)30(4)59-44-41(49)28(2)38(29(3)42(44)50)40-39(31-13-19-35(52)20-14-31)45(51)55-26-25-54-46(53)43(40)55/h7-26,30,47H,1,27H2,2-6H3/t30-,47+/m1/s1. The van der Waals surface area contributed by atoms with Crippen molar-refractivity contribution in [3.8, 4) is 39.5 Å². The second kappa shape index (κ2) is 18.1. The van der Waals surface area contributed by atoms with Crippen molar-refractivity contribution in [1.29, 1.82) is 0 Å². The molecule has 0 saturated heterocycles. The molecule has 0 bridgehead atoms. The Hall–Kier alpha value is -5.42. The average molecular weight is 870 g/mol. The molecule has 7 aromatic rings. The molecule has 60 heavy (non-hydrogen) atoms. The SMILES string of the molecule is C=CCO[C@@H](OC(c1ccccc1)(c1ccc(OC)cc1)c1ccc(OC)cc1)[C@@H](C)Oc1c(Cl)c(C)c(-c2c(-c3ccc(F)cc3)c(Cl)n3ccnc(F)c23)c(C)c1Cl. The van der Waals surface area contributed by atoms with Crippen LogP contribution in [0.3, 0.4) is 0 Å². The minimum atomic E-state index is -1.27. The number of methoxy groups -OCH3 is 2. The van der Waals surface area contributed by atoms with Gasteiger partial charge in [0.1, 0.15) is 39.7 Å². The van der Waals surface area contributed by atoms with E-state index < -0.39 is 29.8 Å². The van der Waals surface area contributed by atoms with E-state index in [1.807, 2.05) is 78.9 Å². The Morgan fingerprint density at radius 1 is 0.750 bits per heavy atom. The third-order valence-corrected chi connectivity index (χ3v) is 11.7. The van der Waals surface area contributed by atoms with Gasteiger partial charge < -0.3 is 28.1 Å². The first-order chi connectivity index (χ1) is 28.9. The van der Waals surface area contributed by atoms with Crippen molar-refractivity contribution in [2.45, 2.75) is 38.8 Å². The van der Waals surface area contributed by atoms with Crippen LogP contribution in [-0.2, 0) is 15.1 Å². The smallest absolute Gasteiger partial charge is 0.237 e. The van der Waals surface area contributed by atoms with E-state index in [0.29, 0.717) is 44.9 Å². The number of benzene rings is 5. The molecule has 0 unspecified atom stereocenters. The molecular formula is C48H41Cl3F2N2O5. The first-order valence-electron chi connectivity index (χ1n) is 18.9. The molecule has 12 heteroatoms. The Morgan fingerprint density at radius 2 is 1.30 bits per heavy atom. The molecule has 0 fully saturated rings. The Bertz CT molecular complexity index is 2560. The van der Waals surface area contributed by atoms with E-state index in [4.69, 9.17) is 58.5 Å². The fraction of sp³-hybridized carbons (Fsp3) is 0.188. The molecule has 0 N–H and O–H groups in total. The maximum absolute atomic E-state index is 15.8. The maximum Gasteiger partial charge on any atom is 0.237 e. The quantitative estimate of drug-likeness (QED) is 0.0581. The highest BCUT2D eigenvalue weighted by Crippen LogP contribution is 2.51. The van der Waals surface area contributed by atoms with Gasteiger partial charge in [-0.15, -0.1) is 6.58 Å². The molecule has 7 rings (SSSR count). The van der Waals surface area contributed by atoms with Gasteiger partial charge in [-0.3, -0.25) is 0 Å². The van der Waals surface area contributed by atoms with Gasteiger partial charge in [0.15, 0.2) is 12.0 Å². The fourth-order valence-electron chi connectivity index (χ4n) is 7.54. The highest BCUT2D eigenvalue weighted by atomic mass is 35.5. The average Bonchev–Trinajstić information content (AvgIpc) is 3.57. The second-order valence-corrected chi connectivity index (χ2v) is 15.1. The van der Waals surface area contributed by atoms with E-state index in [-0.39, 0.29) is 33.1 Å². The maximum atomic E-state index is 15.8. The molecular weight excluding hydrogens is 829 g/mol. The normalized spacial score (nSPS) is 12.6. The molecule has 2 atom stereocenters. The molecule has 0 saturated carbocycles. The summed E-state index contributed by atoms with van der Waals surface area (Å²) >= 11 is 21.5. The summed E-state index contributed by atoms with van der Waals surface area (Å²) in [4.78, 5) is 3.93. The van der Waals surface area contributed by atoms with E-state index in [9.17, 15) is 4.39 Å². The Balaban J connectivity index is 1.37. The summed E-state index contributed by atoms with van der Waals surface area (Å²) in [5.41, 5.74) is 4.15. The van der Waals surface area contributed by atoms with Gasteiger partial charge in [-0.1, -0.05) is 108 Å². The van der Waals surface area contributed by atoms with Crippen LogP contribution in [-0.4, -0.2) is 42.6 Å². The predicted molar refractivity (Wildman–Crippen MR) is 234 cm³/mol. The summed E-state index contributed by atoms with van der Waals surface area (Å²) in [6.45, 7) is 9.37. The monoisotopic (exact) mass is 868 g/mol. The van der Waals surface area contributed by atoms with Gasteiger partial charge in [0, 0.05) is 23.5 Å². The van der Waals surface area contributed by atoms with Crippen LogP contribution in [0.4, 0.5) is 8.78 Å². The van der Waals surface area contributed by atoms with Crippen molar-refractivity contribution in [2.75, 3.05) is 20.8 Å². The molecule has 5 aromatic carbocycles. The lowest BCUT2D eigenvalue weighted by Gasteiger charge is -2.40. The number of halogens is 5. The summed E-state index contributed by atoms with van der Waals surface area (Å²) in [7, 11) is 3.22. The van der Waals surface area contributed by atoms with Gasteiger partial charge in [0.05, 0.1) is 30.9 Å². The van der Waals surface area contributed by atoms with Crippen LogP contribution in [0, 0.1) is 25.6 Å². The number of fused-ring (bicyclic) bond motifs is 1. The summed E-state index contributed by atoms with van der Waals surface area (Å²) in [5, 5.41) is 0.529. The number of nitrogens with zero attached hydrogens (tertiary/aromatic N) is 2. The minimum Gasteiger partial charge on any atom is -0.497 e. The van der Waals surface area contributed by atoms with Crippen LogP contribution in [0.25, 0.3) is 27.8 Å². The molecule has 2 aromatic heterocycles. The zero-order chi connectivity index (χ0) is 42.7. The summed E-state index contributed by atoms with van der Waals surface area (Å²) in [6, 6.07) is 30.8. The Kier molecular flexibility index (Phi) is 12.8. The zero-order valence-electron chi connectivity index (χ0n) is 33.4. The lowest BCUT2D eigenvalue weighted by molar-refractivity contribution is -0.218. The Morgan fingerprint density at radius 3 is 1.83 bits per heavy atom. The van der Waals surface area contributed by atoms with Crippen LogP contribution in [0.1, 0.15) is 34.7 Å².